The van der Waals surface area contributed by atoms with Crippen LogP contribution in [0, 0.1) is 6.92 Å². The third-order valence-electron chi connectivity index (χ3n) is 3.94. The quantitative estimate of drug-likeness (QED) is 0.884. The second-order valence-corrected chi connectivity index (χ2v) is 5.98. The molecule has 24 heavy (non-hydrogen) atoms. The molecule has 0 atom stereocenters. The van der Waals surface area contributed by atoms with E-state index in [0.29, 0.717) is 24.6 Å². The van der Waals surface area contributed by atoms with Gasteiger partial charge in [0.05, 0.1) is 31.1 Å². The number of amides is 2. The van der Waals surface area contributed by atoms with E-state index in [9.17, 15) is 9.59 Å². The molecule has 8 nitrogen and oxygen atoms in total. The number of rotatable bonds is 5. The molecule has 1 aliphatic rings. The molecule has 0 fully saturated rings. The van der Waals surface area contributed by atoms with Crippen LogP contribution in [0.3, 0.4) is 0 Å². The molecule has 0 radical (unpaired) electrons. The minimum atomic E-state index is -0.151. The molecule has 0 unspecified atom stereocenters. The summed E-state index contributed by atoms with van der Waals surface area (Å²) in [6, 6.07) is 3.45. The minimum absolute atomic E-state index is 0.00293. The molecule has 3 rings (SSSR count). The number of furan rings is 1. The molecule has 0 bridgehead atoms. The topological polar surface area (TPSA) is 91.7 Å². The molecule has 0 aromatic carbocycles. The van der Waals surface area contributed by atoms with Crippen molar-refractivity contribution in [2.75, 3.05) is 20.7 Å². The van der Waals surface area contributed by atoms with Gasteiger partial charge in [-0.1, -0.05) is 0 Å². The summed E-state index contributed by atoms with van der Waals surface area (Å²) in [4.78, 5) is 27.1. The zero-order chi connectivity index (χ0) is 17.3. The average Bonchev–Trinajstić information content (AvgIpc) is 3.23. The third-order valence-corrected chi connectivity index (χ3v) is 3.94. The van der Waals surface area contributed by atoms with E-state index in [4.69, 9.17) is 9.15 Å². The van der Waals surface area contributed by atoms with Crippen molar-refractivity contribution < 1.29 is 18.7 Å². The molecule has 2 amide bonds. The van der Waals surface area contributed by atoms with Gasteiger partial charge in [-0.2, -0.15) is 5.10 Å². The van der Waals surface area contributed by atoms with Crippen LogP contribution in [0.4, 0.5) is 0 Å². The standard InChI is InChI=1S/C16H20N4O4/c1-10-4-5-14(24-10)16(22)20-6-11-12(7-20)17-18-13(11)8-23-9-15(21)19(2)3/h4-5H,6-9H2,1-3H3,(H,17,18). The number of likely N-dealkylation sites (N-methyl/N-ethyl adjacent to an activating group) is 1. The summed E-state index contributed by atoms with van der Waals surface area (Å²) in [5.74, 6) is 0.784. The SMILES string of the molecule is Cc1ccc(C(=O)N2Cc3[nH]nc(COCC(=O)N(C)C)c3C2)o1. The fourth-order valence-electron chi connectivity index (χ4n) is 2.53. The van der Waals surface area contributed by atoms with Crippen molar-refractivity contribution in [3.63, 3.8) is 0 Å². The first-order valence-corrected chi connectivity index (χ1v) is 7.64. The van der Waals surface area contributed by atoms with Gasteiger partial charge in [0.2, 0.25) is 5.91 Å². The maximum Gasteiger partial charge on any atom is 0.290 e. The van der Waals surface area contributed by atoms with Crippen molar-refractivity contribution in [2.45, 2.75) is 26.6 Å². The second-order valence-electron chi connectivity index (χ2n) is 5.98. The lowest BCUT2D eigenvalue weighted by molar-refractivity contribution is -0.134. The van der Waals surface area contributed by atoms with E-state index >= 15 is 0 Å². The van der Waals surface area contributed by atoms with E-state index in [-0.39, 0.29) is 25.0 Å². The van der Waals surface area contributed by atoms with Crippen molar-refractivity contribution >= 4 is 11.8 Å². The number of aryl methyl sites for hydroxylation is 1. The van der Waals surface area contributed by atoms with Crippen molar-refractivity contribution in [3.8, 4) is 0 Å². The minimum Gasteiger partial charge on any atom is -0.456 e. The molecule has 0 aliphatic carbocycles. The van der Waals surface area contributed by atoms with Gasteiger partial charge in [0, 0.05) is 19.7 Å². The van der Waals surface area contributed by atoms with Crippen LogP contribution in [-0.2, 0) is 29.2 Å². The lowest BCUT2D eigenvalue weighted by Gasteiger charge is -2.14. The molecule has 2 aromatic rings. The zero-order valence-electron chi connectivity index (χ0n) is 14.0. The number of fused-ring (bicyclic) bond motifs is 1. The Kier molecular flexibility index (Phi) is 4.39. The van der Waals surface area contributed by atoms with Crippen LogP contribution in [-0.4, -0.2) is 52.5 Å². The van der Waals surface area contributed by atoms with Crippen LogP contribution in [0.15, 0.2) is 16.5 Å². The smallest absolute Gasteiger partial charge is 0.290 e. The number of hydrogen-bond donors (Lipinski definition) is 1. The highest BCUT2D eigenvalue weighted by atomic mass is 16.5. The summed E-state index contributed by atoms with van der Waals surface area (Å²) in [5.41, 5.74) is 2.57. The number of carbonyl (C=O) groups excluding carboxylic acids is 2. The molecule has 1 aliphatic heterocycles. The van der Waals surface area contributed by atoms with Gasteiger partial charge in [-0.3, -0.25) is 14.7 Å². The van der Waals surface area contributed by atoms with Gasteiger partial charge in [-0.25, -0.2) is 0 Å². The largest absolute Gasteiger partial charge is 0.456 e. The van der Waals surface area contributed by atoms with E-state index < -0.39 is 0 Å². The molecule has 3 heterocycles. The first-order chi connectivity index (χ1) is 11.5. The van der Waals surface area contributed by atoms with Gasteiger partial charge in [0.25, 0.3) is 5.91 Å². The molecule has 0 saturated carbocycles. The second kappa shape index (κ2) is 6.48. The summed E-state index contributed by atoms with van der Waals surface area (Å²) < 4.78 is 10.8. The van der Waals surface area contributed by atoms with Crippen molar-refractivity contribution in [1.82, 2.24) is 20.0 Å². The Morgan fingerprint density at radius 1 is 1.38 bits per heavy atom. The Balaban J connectivity index is 1.61. The van der Waals surface area contributed by atoms with E-state index in [2.05, 4.69) is 10.2 Å². The average molecular weight is 332 g/mol. The lowest BCUT2D eigenvalue weighted by Crippen LogP contribution is -2.26. The Labute approximate surface area is 139 Å². The first-order valence-electron chi connectivity index (χ1n) is 7.64. The number of H-pyrrole nitrogens is 1. The molecule has 2 aromatic heterocycles. The maximum atomic E-state index is 12.4. The molecule has 0 spiro atoms. The van der Waals surface area contributed by atoms with Crippen molar-refractivity contribution in [2.24, 2.45) is 0 Å². The van der Waals surface area contributed by atoms with Crippen molar-refractivity contribution in [3.05, 3.63) is 40.6 Å². The van der Waals surface area contributed by atoms with Crippen LogP contribution in [0.1, 0.15) is 33.3 Å². The predicted molar refractivity (Wildman–Crippen MR) is 84.0 cm³/mol. The number of ether oxygens (including phenoxy) is 1. The van der Waals surface area contributed by atoms with E-state index in [0.717, 1.165) is 17.0 Å². The van der Waals surface area contributed by atoms with E-state index in [1.807, 2.05) is 0 Å². The zero-order valence-corrected chi connectivity index (χ0v) is 14.0. The lowest BCUT2D eigenvalue weighted by atomic mass is 10.2. The summed E-state index contributed by atoms with van der Waals surface area (Å²) in [6.45, 7) is 2.94. The molecule has 0 saturated heterocycles. The summed E-state index contributed by atoms with van der Waals surface area (Å²) in [5, 5.41) is 7.15. The first kappa shape index (κ1) is 16.3. The van der Waals surface area contributed by atoms with Crippen LogP contribution in [0.2, 0.25) is 0 Å². The fourth-order valence-corrected chi connectivity index (χ4v) is 2.53. The highest BCUT2D eigenvalue weighted by Crippen LogP contribution is 2.26. The molecule has 128 valence electrons. The number of hydrogen-bond acceptors (Lipinski definition) is 5. The molecular weight excluding hydrogens is 312 g/mol. The Morgan fingerprint density at radius 2 is 2.17 bits per heavy atom. The van der Waals surface area contributed by atoms with Gasteiger partial charge in [0.15, 0.2) is 5.76 Å². The highest BCUT2D eigenvalue weighted by Gasteiger charge is 2.30. The van der Waals surface area contributed by atoms with Gasteiger partial charge in [-0.15, -0.1) is 0 Å². The number of carbonyl (C=O) groups is 2. The number of aromatic amines is 1. The van der Waals surface area contributed by atoms with Crippen LogP contribution >= 0.6 is 0 Å². The predicted octanol–water partition coefficient (Wildman–Crippen LogP) is 1.07. The van der Waals surface area contributed by atoms with E-state index in [1.54, 1.807) is 38.1 Å². The van der Waals surface area contributed by atoms with Crippen LogP contribution in [0.25, 0.3) is 0 Å². The van der Waals surface area contributed by atoms with Crippen molar-refractivity contribution in [1.29, 1.82) is 0 Å². The summed E-state index contributed by atoms with van der Waals surface area (Å²) in [7, 11) is 3.36. The highest BCUT2D eigenvalue weighted by molar-refractivity contribution is 5.91. The fraction of sp³-hybridized carbons (Fsp3) is 0.438. The Bertz CT molecular complexity index is 762. The molecule has 1 N–H and O–H groups in total. The summed E-state index contributed by atoms with van der Waals surface area (Å²) >= 11 is 0. The number of nitrogens with one attached hydrogen (secondary N) is 1. The van der Waals surface area contributed by atoms with Crippen LogP contribution in [0.5, 0.6) is 0 Å². The normalized spacial score (nSPS) is 13.2. The van der Waals surface area contributed by atoms with Gasteiger partial charge in [0.1, 0.15) is 12.4 Å². The maximum absolute atomic E-state index is 12.4. The summed E-state index contributed by atoms with van der Waals surface area (Å²) in [6.07, 6.45) is 0. The Hall–Kier alpha value is -2.61. The number of aromatic nitrogens is 2. The van der Waals surface area contributed by atoms with Gasteiger partial charge < -0.3 is 19.0 Å². The number of nitrogens with zero attached hydrogens (tertiary/aromatic N) is 3. The van der Waals surface area contributed by atoms with E-state index in [1.165, 1.54) is 4.90 Å². The molecule has 8 heteroatoms. The molecular formula is C16H20N4O4. The van der Waals surface area contributed by atoms with Crippen LogP contribution < -0.4 is 0 Å². The third kappa shape index (κ3) is 3.18. The monoisotopic (exact) mass is 332 g/mol. The van der Waals surface area contributed by atoms with Gasteiger partial charge in [-0.05, 0) is 19.1 Å². The Morgan fingerprint density at radius 3 is 2.83 bits per heavy atom. The van der Waals surface area contributed by atoms with Gasteiger partial charge >= 0.3 is 0 Å².